The smallest absolute Gasteiger partial charge is 0.251 e. The van der Waals surface area contributed by atoms with Gasteiger partial charge in [-0.05, 0) is 24.6 Å². The van der Waals surface area contributed by atoms with Gasteiger partial charge >= 0.3 is 0 Å². The minimum absolute atomic E-state index is 0.0487. The van der Waals surface area contributed by atoms with Crippen LogP contribution in [0.3, 0.4) is 0 Å². The summed E-state index contributed by atoms with van der Waals surface area (Å²) in [6, 6.07) is 9.63. The van der Waals surface area contributed by atoms with Crippen LogP contribution in [0.25, 0.3) is 0 Å². The molecular formula is C20H26N4O3S. The average molecular weight is 403 g/mol. The molecule has 0 atom stereocenters. The molecule has 0 radical (unpaired) electrons. The van der Waals surface area contributed by atoms with Gasteiger partial charge in [-0.25, -0.2) is 9.97 Å². The Hall–Kier alpha value is -2.16. The van der Waals surface area contributed by atoms with E-state index in [9.17, 15) is 4.79 Å². The molecule has 1 aliphatic heterocycles. The molecule has 28 heavy (non-hydrogen) atoms. The van der Waals surface area contributed by atoms with E-state index >= 15 is 0 Å². The second kappa shape index (κ2) is 10.4. The van der Waals surface area contributed by atoms with Crippen molar-refractivity contribution in [2.75, 3.05) is 44.9 Å². The number of aromatic nitrogens is 2. The Labute approximate surface area is 169 Å². The maximum atomic E-state index is 11.9. The van der Waals surface area contributed by atoms with E-state index in [2.05, 4.69) is 15.2 Å². The molecule has 1 aliphatic rings. The standard InChI is InChI=1S/C20H26N4O3S/c1-3-21-19(25)16-6-4-15(5-7-16)14-28-20-22-17(13-26-2)12-18(23-20)24-8-10-27-11-9-24/h4-7,12H,3,8-11,13-14H2,1-2H3,(H,21,25). The maximum Gasteiger partial charge on any atom is 0.251 e. The van der Waals surface area contributed by atoms with Crippen LogP contribution >= 0.6 is 11.8 Å². The molecule has 1 fully saturated rings. The highest BCUT2D eigenvalue weighted by molar-refractivity contribution is 7.98. The van der Waals surface area contributed by atoms with E-state index in [4.69, 9.17) is 14.5 Å². The maximum absolute atomic E-state index is 11.9. The van der Waals surface area contributed by atoms with E-state index in [1.807, 2.05) is 37.3 Å². The number of thioether (sulfide) groups is 1. The number of amides is 1. The van der Waals surface area contributed by atoms with E-state index in [1.165, 1.54) is 0 Å². The van der Waals surface area contributed by atoms with E-state index in [0.717, 1.165) is 41.1 Å². The molecule has 8 heteroatoms. The van der Waals surface area contributed by atoms with Crippen LogP contribution in [-0.2, 0) is 21.8 Å². The summed E-state index contributed by atoms with van der Waals surface area (Å²) in [5, 5.41) is 3.53. The number of nitrogens with zero attached hydrogens (tertiary/aromatic N) is 3. The van der Waals surface area contributed by atoms with E-state index < -0.39 is 0 Å². The summed E-state index contributed by atoms with van der Waals surface area (Å²) in [5.74, 6) is 1.60. The first-order chi connectivity index (χ1) is 13.7. The first kappa shape index (κ1) is 20.6. The van der Waals surface area contributed by atoms with Crippen molar-refractivity contribution in [3.63, 3.8) is 0 Å². The lowest BCUT2D eigenvalue weighted by atomic mass is 10.1. The Bertz CT molecular complexity index is 780. The van der Waals surface area contributed by atoms with Gasteiger partial charge in [-0.15, -0.1) is 0 Å². The van der Waals surface area contributed by atoms with Crippen molar-refractivity contribution in [2.24, 2.45) is 0 Å². The van der Waals surface area contributed by atoms with Gasteiger partial charge in [0.2, 0.25) is 0 Å². The van der Waals surface area contributed by atoms with Gasteiger partial charge in [-0.1, -0.05) is 23.9 Å². The normalized spacial score (nSPS) is 14.1. The van der Waals surface area contributed by atoms with Crippen LogP contribution in [0.15, 0.2) is 35.5 Å². The highest BCUT2D eigenvalue weighted by Crippen LogP contribution is 2.24. The van der Waals surface area contributed by atoms with Gasteiger partial charge in [0.25, 0.3) is 5.91 Å². The van der Waals surface area contributed by atoms with Crippen LogP contribution in [0, 0.1) is 0 Å². The van der Waals surface area contributed by atoms with Gasteiger partial charge in [0, 0.05) is 44.1 Å². The number of morpholine rings is 1. The Morgan fingerprint density at radius 1 is 1.25 bits per heavy atom. The molecule has 0 saturated carbocycles. The van der Waals surface area contributed by atoms with Gasteiger partial charge in [0.1, 0.15) is 5.82 Å². The fourth-order valence-corrected chi connectivity index (χ4v) is 3.69. The van der Waals surface area contributed by atoms with Crippen molar-refractivity contribution >= 4 is 23.5 Å². The number of ether oxygens (including phenoxy) is 2. The summed E-state index contributed by atoms with van der Waals surface area (Å²) in [4.78, 5) is 23.4. The predicted octanol–water partition coefficient (Wildman–Crippen LogP) is 2.50. The number of rotatable bonds is 8. The number of anilines is 1. The fraction of sp³-hybridized carbons (Fsp3) is 0.450. The average Bonchev–Trinajstić information content (AvgIpc) is 2.73. The molecule has 7 nitrogen and oxygen atoms in total. The number of nitrogens with one attached hydrogen (secondary N) is 1. The van der Waals surface area contributed by atoms with E-state index in [-0.39, 0.29) is 5.91 Å². The number of carbonyl (C=O) groups is 1. The largest absolute Gasteiger partial charge is 0.378 e. The molecule has 1 saturated heterocycles. The third-order valence-electron chi connectivity index (χ3n) is 4.29. The Kier molecular flexibility index (Phi) is 7.64. The summed E-state index contributed by atoms with van der Waals surface area (Å²) in [7, 11) is 1.67. The van der Waals surface area contributed by atoms with Crippen molar-refractivity contribution in [3.8, 4) is 0 Å². The zero-order valence-electron chi connectivity index (χ0n) is 16.3. The number of benzene rings is 1. The summed E-state index contributed by atoms with van der Waals surface area (Å²) in [6.45, 7) is 6.06. The molecular weight excluding hydrogens is 376 g/mol. The number of carbonyl (C=O) groups excluding carboxylic acids is 1. The van der Waals surface area contributed by atoms with Crippen molar-refractivity contribution in [2.45, 2.75) is 24.4 Å². The lowest BCUT2D eigenvalue weighted by Crippen LogP contribution is -2.37. The van der Waals surface area contributed by atoms with E-state index in [0.29, 0.717) is 31.9 Å². The molecule has 3 rings (SSSR count). The molecule has 0 spiro atoms. The topological polar surface area (TPSA) is 76.6 Å². The molecule has 2 heterocycles. The van der Waals surface area contributed by atoms with Gasteiger partial charge in [0.05, 0.1) is 25.5 Å². The van der Waals surface area contributed by atoms with Gasteiger partial charge in [-0.3, -0.25) is 4.79 Å². The predicted molar refractivity (Wildman–Crippen MR) is 110 cm³/mol. The van der Waals surface area contributed by atoms with Crippen molar-refractivity contribution in [1.82, 2.24) is 15.3 Å². The molecule has 1 aromatic heterocycles. The molecule has 0 unspecified atom stereocenters. The highest BCUT2D eigenvalue weighted by Gasteiger charge is 2.15. The molecule has 1 amide bonds. The number of methoxy groups -OCH3 is 1. The summed E-state index contributed by atoms with van der Waals surface area (Å²) < 4.78 is 10.7. The Morgan fingerprint density at radius 3 is 2.68 bits per heavy atom. The molecule has 1 aromatic carbocycles. The van der Waals surface area contributed by atoms with Gasteiger partial charge < -0.3 is 19.7 Å². The van der Waals surface area contributed by atoms with Gasteiger partial charge in [0.15, 0.2) is 5.16 Å². The molecule has 150 valence electrons. The van der Waals surface area contributed by atoms with Gasteiger partial charge in [-0.2, -0.15) is 0 Å². The number of hydrogen-bond donors (Lipinski definition) is 1. The van der Waals surface area contributed by atoms with Crippen molar-refractivity contribution in [3.05, 3.63) is 47.2 Å². The monoisotopic (exact) mass is 402 g/mol. The van der Waals surface area contributed by atoms with E-state index in [1.54, 1.807) is 18.9 Å². The van der Waals surface area contributed by atoms with Crippen LogP contribution < -0.4 is 10.2 Å². The highest BCUT2D eigenvalue weighted by atomic mass is 32.2. The summed E-state index contributed by atoms with van der Waals surface area (Å²) >= 11 is 1.58. The molecule has 0 aliphatic carbocycles. The van der Waals surface area contributed by atoms with Crippen LogP contribution in [0.4, 0.5) is 5.82 Å². The fourth-order valence-electron chi connectivity index (χ4n) is 2.86. The Morgan fingerprint density at radius 2 is 2.00 bits per heavy atom. The van der Waals surface area contributed by atoms with Crippen LogP contribution in [-0.4, -0.2) is 55.8 Å². The summed E-state index contributed by atoms with van der Waals surface area (Å²) in [6.07, 6.45) is 0. The zero-order valence-corrected chi connectivity index (χ0v) is 17.1. The molecule has 1 N–H and O–H groups in total. The minimum Gasteiger partial charge on any atom is -0.378 e. The molecule has 0 bridgehead atoms. The number of hydrogen-bond acceptors (Lipinski definition) is 7. The summed E-state index contributed by atoms with van der Waals surface area (Å²) in [5.41, 5.74) is 2.66. The van der Waals surface area contributed by atoms with Crippen LogP contribution in [0.2, 0.25) is 0 Å². The molecule has 2 aromatic rings. The minimum atomic E-state index is -0.0487. The SMILES string of the molecule is CCNC(=O)c1ccc(CSc2nc(COC)cc(N3CCOCC3)n2)cc1. The second-order valence-electron chi connectivity index (χ2n) is 6.38. The second-order valence-corrected chi connectivity index (χ2v) is 7.32. The first-order valence-electron chi connectivity index (χ1n) is 9.39. The zero-order chi connectivity index (χ0) is 19.8. The van der Waals surface area contributed by atoms with Crippen LogP contribution in [0.5, 0.6) is 0 Å². The first-order valence-corrected chi connectivity index (χ1v) is 10.4. The third kappa shape index (κ3) is 5.67. The van der Waals surface area contributed by atoms with Crippen molar-refractivity contribution < 1.29 is 14.3 Å². The van der Waals surface area contributed by atoms with Crippen LogP contribution in [0.1, 0.15) is 28.5 Å². The lowest BCUT2D eigenvalue weighted by Gasteiger charge is -2.28. The Balaban J connectivity index is 1.68. The lowest BCUT2D eigenvalue weighted by molar-refractivity contribution is 0.0956. The van der Waals surface area contributed by atoms with Crippen molar-refractivity contribution in [1.29, 1.82) is 0 Å². The third-order valence-corrected chi connectivity index (χ3v) is 5.21. The quantitative estimate of drug-likeness (QED) is 0.537.